The largest absolute Gasteiger partial charge is 0.457 e. The fourth-order valence-corrected chi connectivity index (χ4v) is 8.41. The van der Waals surface area contributed by atoms with Gasteiger partial charge in [0.2, 0.25) is 0 Å². The lowest BCUT2D eigenvalue weighted by Gasteiger charge is -2.41. The third kappa shape index (κ3) is 4.31. The van der Waals surface area contributed by atoms with Crippen LogP contribution in [0.5, 0.6) is 11.5 Å². The predicted octanol–water partition coefficient (Wildman–Crippen LogP) is 9.94. The van der Waals surface area contributed by atoms with Crippen LogP contribution in [0.1, 0.15) is 45.4 Å². The summed E-state index contributed by atoms with van der Waals surface area (Å²) in [5.74, 6) is 3.47. The number of nitrogens with zero attached hydrogens (tertiary/aromatic N) is 2. The first kappa shape index (κ1) is 28.7. The van der Waals surface area contributed by atoms with Crippen LogP contribution in [-0.2, 0) is 5.41 Å². The molecule has 4 aliphatic rings. The van der Waals surface area contributed by atoms with E-state index in [1.807, 2.05) is 24.3 Å². The van der Waals surface area contributed by atoms with E-state index in [0.717, 1.165) is 40.7 Å². The van der Waals surface area contributed by atoms with E-state index >= 15 is 0 Å². The van der Waals surface area contributed by atoms with Crippen molar-refractivity contribution in [1.82, 2.24) is 5.32 Å². The van der Waals surface area contributed by atoms with Crippen molar-refractivity contribution in [3.8, 4) is 22.6 Å². The standard InChI is InChI=1S/C46H33N3O/c1-3-15-30(16-4-1)43-47-44(31-17-5-2-6-18-31)49-45(48-43)33-20-13-19-32(29-33)34-23-14-28-41-42(34)46(39-26-11-12-27-40(39)50-41)37-24-9-7-21-35(37)36-22-8-10-25-38(36)46/h1-19,21-29,33,45H,20H2,(H,47,48,49). The first-order valence-electron chi connectivity index (χ1n) is 17.3. The van der Waals surface area contributed by atoms with Crippen molar-refractivity contribution >= 4 is 17.2 Å². The van der Waals surface area contributed by atoms with Crippen LogP contribution in [0.2, 0.25) is 0 Å². The van der Waals surface area contributed by atoms with Gasteiger partial charge in [0.05, 0.1) is 5.41 Å². The van der Waals surface area contributed by atoms with Crippen molar-refractivity contribution in [3.63, 3.8) is 0 Å². The summed E-state index contributed by atoms with van der Waals surface area (Å²) in [6.07, 6.45) is 7.66. The molecule has 6 aromatic rings. The van der Waals surface area contributed by atoms with Crippen molar-refractivity contribution in [3.05, 3.63) is 209 Å². The van der Waals surface area contributed by atoms with Gasteiger partial charge in [-0.15, -0.1) is 0 Å². The zero-order valence-electron chi connectivity index (χ0n) is 27.3. The van der Waals surface area contributed by atoms with Gasteiger partial charge in [0.1, 0.15) is 23.5 Å². The Balaban J connectivity index is 1.15. The van der Waals surface area contributed by atoms with E-state index in [-0.39, 0.29) is 12.1 Å². The highest BCUT2D eigenvalue weighted by Crippen LogP contribution is 2.63. The smallest absolute Gasteiger partial charge is 0.159 e. The summed E-state index contributed by atoms with van der Waals surface area (Å²) in [4.78, 5) is 10.3. The lowest BCUT2D eigenvalue weighted by atomic mass is 9.64. The molecule has 2 aliphatic carbocycles. The van der Waals surface area contributed by atoms with E-state index in [1.54, 1.807) is 0 Å². The summed E-state index contributed by atoms with van der Waals surface area (Å²) in [6.45, 7) is 0. The monoisotopic (exact) mass is 643 g/mol. The molecule has 50 heavy (non-hydrogen) atoms. The van der Waals surface area contributed by atoms with Gasteiger partial charge < -0.3 is 10.1 Å². The molecular weight excluding hydrogens is 611 g/mol. The van der Waals surface area contributed by atoms with E-state index in [1.165, 1.54) is 44.5 Å². The molecule has 0 aromatic heterocycles. The number of aliphatic imine (C=N–C) groups is 2. The Morgan fingerprint density at radius 2 is 1.18 bits per heavy atom. The molecule has 4 nitrogen and oxygen atoms in total. The van der Waals surface area contributed by atoms with Gasteiger partial charge in [-0.05, 0) is 51.9 Å². The first-order chi connectivity index (χ1) is 24.8. The number of fused-ring (bicyclic) bond motifs is 9. The van der Waals surface area contributed by atoms with E-state index in [9.17, 15) is 0 Å². The minimum Gasteiger partial charge on any atom is -0.457 e. The van der Waals surface area contributed by atoms with Crippen molar-refractivity contribution in [2.45, 2.75) is 18.0 Å². The highest BCUT2D eigenvalue weighted by molar-refractivity contribution is 6.13. The number of rotatable bonds is 4. The molecule has 2 atom stereocenters. The number of allylic oxidation sites excluding steroid dienone is 3. The number of benzene rings is 6. The topological polar surface area (TPSA) is 46.0 Å². The Morgan fingerprint density at radius 3 is 1.92 bits per heavy atom. The fraction of sp³-hybridized carbons (Fsp3) is 0.0870. The average molecular weight is 644 g/mol. The lowest BCUT2D eigenvalue weighted by molar-refractivity contribution is 0.435. The zero-order chi connectivity index (χ0) is 33.1. The molecule has 10 rings (SSSR count). The molecular formula is C46H33N3O. The van der Waals surface area contributed by atoms with Crippen LogP contribution in [-0.4, -0.2) is 17.8 Å². The van der Waals surface area contributed by atoms with Gasteiger partial charge >= 0.3 is 0 Å². The van der Waals surface area contributed by atoms with Gasteiger partial charge in [-0.25, -0.2) is 9.98 Å². The van der Waals surface area contributed by atoms with Gasteiger partial charge in [0.25, 0.3) is 0 Å². The molecule has 0 saturated carbocycles. The Kier molecular flexibility index (Phi) is 6.56. The van der Waals surface area contributed by atoms with Crippen molar-refractivity contribution in [1.29, 1.82) is 0 Å². The van der Waals surface area contributed by atoms with Crippen molar-refractivity contribution < 1.29 is 4.74 Å². The van der Waals surface area contributed by atoms with Crippen molar-refractivity contribution in [2.24, 2.45) is 15.9 Å². The van der Waals surface area contributed by atoms with E-state index in [4.69, 9.17) is 14.7 Å². The predicted molar refractivity (Wildman–Crippen MR) is 202 cm³/mol. The molecule has 238 valence electrons. The summed E-state index contributed by atoms with van der Waals surface area (Å²) in [5, 5.41) is 3.72. The molecule has 1 spiro atoms. The summed E-state index contributed by atoms with van der Waals surface area (Å²) in [7, 11) is 0. The van der Waals surface area contributed by atoms with Gasteiger partial charge in [-0.3, -0.25) is 0 Å². The van der Waals surface area contributed by atoms with Gasteiger partial charge in [-0.2, -0.15) is 0 Å². The summed E-state index contributed by atoms with van der Waals surface area (Å²) in [5.41, 5.74) is 11.3. The zero-order valence-corrected chi connectivity index (χ0v) is 27.3. The average Bonchev–Trinajstić information content (AvgIpc) is 3.49. The molecule has 0 saturated heterocycles. The second-order valence-electron chi connectivity index (χ2n) is 13.3. The third-order valence-corrected chi connectivity index (χ3v) is 10.5. The molecule has 0 fully saturated rings. The van der Waals surface area contributed by atoms with Crippen LogP contribution in [0.15, 0.2) is 180 Å². The molecule has 4 heteroatoms. The number of nitrogens with one attached hydrogen (secondary N) is 1. The summed E-state index contributed by atoms with van der Waals surface area (Å²) < 4.78 is 6.79. The maximum absolute atomic E-state index is 6.79. The number of amidine groups is 2. The van der Waals surface area contributed by atoms with Crippen LogP contribution >= 0.6 is 0 Å². The maximum atomic E-state index is 6.79. The molecule has 2 heterocycles. The van der Waals surface area contributed by atoms with Crippen LogP contribution in [0.4, 0.5) is 0 Å². The highest BCUT2D eigenvalue weighted by atomic mass is 16.5. The molecule has 2 aliphatic heterocycles. The maximum Gasteiger partial charge on any atom is 0.159 e. The van der Waals surface area contributed by atoms with Gasteiger partial charge in [-0.1, -0.05) is 158 Å². The quantitative estimate of drug-likeness (QED) is 0.208. The summed E-state index contributed by atoms with van der Waals surface area (Å²) in [6, 6.07) is 53.5. The molecule has 0 bridgehead atoms. The van der Waals surface area contributed by atoms with Crippen LogP contribution < -0.4 is 10.1 Å². The number of ether oxygens (including phenoxy) is 1. The number of hydrogen-bond acceptors (Lipinski definition) is 4. The SMILES string of the molecule is C1=CC(c2cccc3c2C2(c4ccccc4O3)c3ccccc3-c3ccccc32)=CC(C2N=C(c3ccccc3)N=C(c3ccccc3)N2)C1. The van der Waals surface area contributed by atoms with Crippen LogP contribution in [0.25, 0.3) is 16.7 Å². The molecule has 2 unspecified atom stereocenters. The fourth-order valence-electron chi connectivity index (χ4n) is 8.41. The molecule has 0 radical (unpaired) electrons. The lowest BCUT2D eigenvalue weighted by Crippen LogP contribution is -2.43. The normalized spacial score (nSPS) is 19.1. The Bertz CT molecular complexity index is 2380. The van der Waals surface area contributed by atoms with Gasteiger partial charge in [0, 0.05) is 28.2 Å². The Morgan fingerprint density at radius 1 is 0.580 bits per heavy atom. The minimum atomic E-state index is -0.537. The highest BCUT2D eigenvalue weighted by Gasteiger charge is 2.52. The number of hydrogen-bond donors (Lipinski definition) is 1. The number of para-hydroxylation sites is 1. The second kappa shape index (κ2) is 11.4. The second-order valence-corrected chi connectivity index (χ2v) is 13.3. The van der Waals surface area contributed by atoms with Crippen molar-refractivity contribution in [2.75, 3.05) is 0 Å². The Labute approximate surface area is 291 Å². The van der Waals surface area contributed by atoms with E-state index < -0.39 is 5.41 Å². The molecule has 0 amide bonds. The van der Waals surface area contributed by atoms with Crippen LogP contribution in [0.3, 0.4) is 0 Å². The molecule has 1 N–H and O–H groups in total. The first-order valence-corrected chi connectivity index (χ1v) is 17.3. The van der Waals surface area contributed by atoms with E-state index in [0.29, 0.717) is 0 Å². The molecule has 6 aromatic carbocycles. The van der Waals surface area contributed by atoms with Crippen LogP contribution in [0, 0.1) is 5.92 Å². The minimum absolute atomic E-state index is 0.0923. The third-order valence-electron chi connectivity index (χ3n) is 10.5. The van der Waals surface area contributed by atoms with Gasteiger partial charge in [0.15, 0.2) is 5.84 Å². The van der Waals surface area contributed by atoms with E-state index in [2.05, 4.69) is 151 Å². The summed E-state index contributed by atoms with van der Waals surface area (Å²) >= 11 is 0. The Hall–Kier alpha value is -6.26.